The van der Waals surface area contributed by atoms with Crippen molar-refractivity contribution in [1.29, 1.82) is 0 Å². The fourth-order valence-electron chi connectivity index (χ4n) is 5.80. The molecule has 0 saturated heterocycles. The molecule has 0 unspecified atom stereocenters. The van der Waals surface area contributed by atoms with Crippen LogP contribution < -0.4 is 4.74 Å². The summed E-state index contributed by atoms with van der Waals surface area (Å²) in [6, 6.07) is 41.2. The standard InChI is InChI=1S/C40H26N4O/c1-3-7-27(8-4-1)29-13-17-43-39(21-29)35-23-33(19-31-11-15-41-25-37(31)35)45-34-20-32-12-16-42-26-38(32)36(24-34)40-22-30(14-18-44-40)28-9-5-2-6-10-28/h1-26H. The van der Waals surface area contributed by atoms with Crippen molar-refractivity contribution in [1.82, 2.24) is 19.9 Å². The van der Waals surface area contributed by atoms with Gasteiger partial charge in [-0.1, -0.05) is 60.7 Å². The van der Waals surface area contributed by atoms with E-state index in [0.29, 0.717) is 11.5 Å². The molecule has 45 heavy (non-hydrogen) atoms. The minimum atomic E-state index is 0.709. The molecule has 0 bridgehead atoms. The molecule has 0 saturated carbocycles. The van der Waals surface area contributed by atoms with E-state index < -0.39 is 0 Å². The van der Waals surface area contributed by atoms with Crippen molar-refractivity contribution in [2.45, 2.75) is 0 Å². The predicted molar refractivity (Wildman–Crippen MR) is 181 cm³/mol. The maximum Gasteiger partial charge on any atom is 0.128 e. The number of fused-ring (bicyclic) bond motifs is 2. The summed E-state index contributed by atoms with van der Waals surface area (Å²) in [7, 11) is 0. The van der Waals surface area contributed by atoms with Crippen LogP contribution in [0.15, 0.2) is 159 Å². The Kier molecular flexibility index (Phi) is 6.74. The maximum absolute atomic E-state index is 6.65. The Balaban J connectivity index is 1.23. The number of pyridine rings is 4. The first-order chi connectivity index (χ1) is 22.3. The third kappa shape index (κ3) is 5.28. The van der Waals surface area contributed by atoms with Crippen molar-refractivity contribution in [2.24, 2.45) is 0 Å². The smallest absolute Gasteiger partial charge is 0.128 e. The third-order valence-corrected chi connectivity index (χ3v) is 7.98. The summed E-state index contributed by atoms with van der Waals surface area (Å²) in [5, 5.41) is 4.06. The monoisotopic (exact) mass is 578 g/mol. The summed E-state index contributed by atoms with van der Waals surface area (Å²) < 4.78 is 6.65. The van der Waals surface area contributed by atoms with Crippen LogP contribution in [0.5, 0.6) is 11.5 Å². The summed E-state index contributed by atoms with van der Waals surface area (Å²) in [6.45, 7) is 0. The van der Waals surface area contributed by atoms with Gasteiger partial charge in [0.2, 0.25) is 0 Å². The van der Waals surface area contributed by atoms with Crippen LogP contribution in [0.4, 0.5) is 0 Å². The van der Waals surface area contributed by atoms with Gasteiger partial charge in [0.05, 0.1) is 11.4 Å². The zero-order valence-electron chi connectivity index (χ0n) is 24.2. The summed E-state index contributed by atoms with van der Waals surface area (Å²) in [5.41, 5.74) is 8.09. The highest BCUT2D eigenvalue weighted by molar-refractivity contribution is 5.98. The molecular formula is C40H26N4O. The van der Waals surface area contributed by atoms with E-state index >= 15 is 0 Å². The highest BCUT2D eigenvalue weighted by atomic mass is 16.5. The number of benzene rings is 4. The molecule has 5 heteroatoms. The first kappa shape index (κ1) is 26.4. The summed E-state index contributed by atoms with van der Waals surface area (Å²) >= 11 is 0. The molecule has 4 aromatic heterocycles. The Morgan fingerprint density at radius 2 is 0.867 bits per heavy atom. The van der Waals surface area contributed by atoms with Crippen LogP contribution in [0.3, 0.4) is 0 Å². The van der Waals surface area contributed by atoms with Crippen LogP contribution in [0.1, 0.15) is 0 Å². The summed E-state index contributed by atoms with van der Waals surface area (Å²) in [4.78, 5) is 18.4. The molecule has 0 fully saturated rings. The van der Waals surface area contributed by atoms with Gasteiger partial charge in [-0.05, 0) is 93.7 Å². The molecule has 0 aliphatic heterocycles. The average Bonchev–Trinajstić information content (AvgIpc) is 3.12. The SMILES string of the molecule is c1ccc(-c2ccnc(-c3cc(Oc4cc(-c5cc(-c6ccccc6)ccn5)c5cnccc5c4)cc4ccncc34)c2)cc1. The Morgan fingerprint density at radius 1 is 0.400 bits per heavy atom. The Hall–Kier alpha value is -6.20. The van der Waals surface area contributed by atoms with Gasteiger partial charge in [-0.15, -0.1) is 0 Å². The summed E-state index contributed by atoms with van der Waals surface area (Å²) in [5.74, 6) is 1.42. The number of hydrogen-bond donors (Lipinski definition) is 0. The second-order valence-corrected chi connectivity index (χ2v) is 10.8. The first-order valence-electron chi connectivity index (χ1n) is 14.8. The van der Waals surface area contributed by atoms with Crippen LogP contribution in [-0.2, 0) is 0 Å². The zero-order valence-corrected chi connectivity index (χ0v) is 24.2. The Morgan fingerprint density at radius 3 is 1.33 bits per heavy atom. The van der Waals surface area contributed by atoms with Gasteiger partial charge in [0.25, 0.3) is 0 Å². The molecule has 8 aromatic rings. The van der Waals surface area contributed by atoms with Gasteiger partial charge in [0.15, 0.2) is 0 Å². The van der Waals surface area contributed by atoms with Crippen molar-refractivity contribution in [3.63, 3.8) is 0 Å². The van der Waals surface area contributed by atoms with Gasteiger partial charge in [-0.2, -0.15) is 0 Å². The average molecular weight is 579 g/mol. The number of hydrogen-bond acceptors (Lipinski definition) is 5. The van der Waals surface area contributed by atoms with E-state index in [0.717, 1.165) is 66.3 Å². The van der Waals surface area contributed by atoms with Crippen molar-refractivity contribution >= 4 is 21.5 Å². The molecule has 5 nitrogen and oxygen atoms in total. The van der Waals surface area contributed by atoms with Gasteiger partial charge in [0.1, 0.15) is 11.5 Å². The molecule has 0 radical (unpaired) electrons. The summed E-state index contributed by atoms with van der Waals surface area (Å²) in [6.07, 6.45) is 11.1. The second kappa shape index (κ2) is 11.5. The predicted octanol–water partition coefficient (Wildman–Crippen LogP) is 10.0. The van der Waals surface area contributed by atoms with Gasteiger partial charge in [0, 0.05) is 59.1 Å². The highest BCUT2D eigenvalue weighted by Gasteiger charge is 2.14. The molecular weight excluding hydrogens is 552 g/mol. The van der Waals surface area contributed by atoms with E-state index in [1.807, 2.05) is 110 Å². The number of rotatable bonds is 6. The first-order valence-corrected chi connectivity index (χ1v) is 14.8. The Bertz CT molecular complexity index is 2140. The van der Waals surface area contributed by atoms with Crippen molar-refractivity contribution in [3.05, 3.63) is 159 Å². The third-order valence-electron chi connectivity index (χ3n) is 7.98. The molecule has 0 amide bonds. The quantitative estimate of drug-likeness (QED) is 0.196. The van der Waals surface area contributed by atoms with Crippen molar-refractivity contribution in [2.75, 3.05) is 0 Å². The van der Waals surface area contributed by atoms with Gasteiger partial charge < -0.3 is 4.74 Å². The number of ether oxygens (including phenoxy) is 1. The lowest BCUT2D eigenvalue weighted by atomic mass is 9.99. The molecule has 212 valence electrons. The van der Waals surface area contributed by atoms with E-state index in [-0.39, 0.29) is 0 Å². The van der Waals surface area contributed by atoms with Crippen molar-refractivity contribution < 1.29 is 4.74 Å². The molecule has 4 aromatic carbocycles. The molecule has 0 aliphatic carbocycles. The van der Waals surface area contributed by atoms with Crippen LogP contribution in [0.2, 0.25) is 0 Å². The molecule has 8 rings (SSSR count). The maximum atomic E-state index is 6.65. The zero-order chi connectivity index (χ0) is 30.0. The van der Waals surface area contributed by atoms with Crippen LogP contribution in [-0.4, -0.2) is 19.9 Å². The topological polar surface area (TPSA) is 60.8 Å². The molecule has 0 N–H and O–H groups in total. The molecule has 0 aliphatic rings. The van der Waals surface area contributed by atoms with Crippen LogP contribution in [0, 0.1) is 0 Å². The Labute approximate surface area is 260 Å². The molecule has 0 spiro atoms. The van der Waals surface area contributed by atoms with Gasteiger partial charge in [-0.3, -0.25) is 19.9 Å². The number of nitrogens with zero attached hydrogens (tertiary/aromatic N) is 4. The molecule has 4 heterocycles. The van der Waals surface area contributed by atoms with E-state index in [9.17, 15) is 0 Å². The molecule has 0 atom stereocenters. The van der Waals surface area contributed by atoms with E-state index in [1.165, 1.54) is 0 Å². The largest absolute Gasteiger partial charge is 0.457 e. The van der Waals surface area contributed by atoms with Crippen LogP contribution >= 0.6 is 0 Å². The lowest BCUT2D eigenvalue weighted by molar-refractivity contribution is 0.484. The van der Waals surface area contributed by atoms with Gasteiger partial charge >= 0.3 is 0 Å². The van der Waals surface area contributed by atoms with E-state index in [4.69, 9.17) is 14.7 Å². The second-order valence-electron chi connectivity index (χ2n) is 10.8. The lowest BCUT2D eigenvalue weighted by Crippen LogP contribution is -1.93. The fraction of sp³-hybridized carbons (Fsp3) is 0. The van der Waals surface area contributed by atoms with Crippen molar-refractivity contribution in [3.8, 4) is 56.3 Å². The minimum Gasteiger partial charge on any atom is -0.457 e. The van der Waals surface area contributed by atoms with Gasteiger partial charge in [-0.25, -0.2) is 0 Å². The fourth-order valence-corrected chi connectivity index (χ4v) is 5.80. The van der Waals surface area contributed by atoms with E-state index in [2.05, 4.69) is 46.4 Å². The van der Waals surface area contributed by atoms with E-state index in [1.54, 1.807) is 12.4 Å². The minimum absolute atomic E-state index is 0.709. The highest BCUT2D eigenvalue weighted by Crippen LogP contribution is 2.38. The van der Waals surface area contributed by atoms with Crippen LogP contribution in [0.25, 0.3) is 66.3 Å². The normalized spacial score (nSPS) is 11.1. The lowest BCUT2D eigenvalue weighted by Gasteiger charge is -2.14. The number of aromatic nitrogens is 4.